The van der Waals surface area contributed by atoms with E-state index >= 15 is 0 Å². The van der Waals surface area contributed by atoms with Crippen molar-refractivity contribution in [2.24, 2.45) is 0 Å². The van der Waals surface area contributed by atoms with Crippen LogP contribution in [0, 0.1) is 0 Å². The molecule has 0 bridgehead atoms. The fraction of sp³-hybridized carbons (Fsp3) is 0.128. The maximum atomic E-state index is 2.52. The van der Waals surface area contributed by atoms with Crippen LogP contribution in [-0.2, 0) is 21.7 Å². The zero-order valence-corrected chi connectivity index (χ0v) is 54.7. The predicted molar refractivity (Wildman–Crippen MR) is 400 cm³/mol. The van der Waals surface area contributed by atoms with Crippen molar-refractivity contribution >= 4 is 43.1 Å². The van der Waals surface area contributed by atoms with Gasteiger partial charge in [-0.25, -0.2) is 0 Å². The molecule has 0 nitrogen and oxygen atoms in total. The van der Waals surface area contributed by atoms with Crippen LogP contribution in [0.2, 0.25) is 0 Å². The summed E-state index contributed by atoms with van der Waals surface area (Å²) in [6.07, 6.45) is 0. The summed E-state index contributed by atoms with van der Waals surface area (Å²) in [6, 6.07) is 109. The molecule has 448 valence electrons. The normalized spacial score (nSPS) is 14.9. The molecule has 0 aliphatic heterocycles. The summed E-state index contributed by atoms with van der Waals surface area (Å²) in [6.45, 7) is 19.3. The number of fused-ring (bicyclic) bond motifs is 17. The van der Waals surface area contributed by atoms with Crippen molar-refractivity contribution in [3.63, 3.8) is 0 Å². The first kappa shape index (κ1) is 56.1. The fourth-order valence-electron chi connectivity index (χ4n) is 17.4. The van der Waals surface area contributed by atoms with Crippen LogP contribution in [0.4, 0.5) is 0 Å². The number of benzene rings is 15. The molecular formula is C94H72. The standard InChI is InChI=1S/C50H38.C44H34/c1-49(2)45-17-11-10-16-40(45)42-24-25-43-41-23-22-36(30-46(41)50(3,4)48(43)47(42)49)44-29-38(28-35-14-8-9-15-39(35)44)34-21-19-32-18-20-33(26-37(32)27-34)31-12-6-5-7-13-31;1-43(2)39-12-8-7-11-35(39)37-25-38-36-20-19-34(24-40(36)44(3,4)42(38)26-41(37)43)33-18-17-31-22-30(15-16-32(31)23-33)29-14-13-27-9-5-6-10-28(27)21-29/h5-30H,1-4H3;5-26H,1-4H3. The van der Waals surface area contributed by atoms with Gasteiger partial charge in [0.25, 0.3) is 0 Å². The van der Waals surface area contributed by atoms with Gasteiger partial charge in [-0.1, -0.05) is 286 Å². The molecule has 0 heterocycles. The zero-order valence-electron chi connectivity index (χ0n) is 54.7. The molecule has 0 N–H and O–H groups in total. The van der Waals surface area contributed by atoms with Crippen molar-refractivity contribution in [1.82, 2.24) is 0 Å². The largest absolute Gasteiger partial charge is 0.0622 e. The van der Waals surface area contributed by atoms with Gasteiger partial charge in [0, 0.05) is 21.7 Å². The second-order valence-electron chi connectivity index (χ2n) is 29.2. The van der Waals surface area contributed by atoms with E-state index in [1.165, 1.54) is 188 Å². The Bertz CT molecular complexity index is 5720. The quantitative estimate of drug-likeness (QED) is 0.161. The van der Waals surface area contributed by atoms with Crippen LogP contribution in [0.3, 0.4) is 0 Å². The average Bonchev–Trinajstić information content (AvgIpc) is 1.54. The summed E-state index contributed by atoms with van der Waals surface area (Å²) < 4.78 is 0. The Morgan fingerprint density at radius 1 is 0.160 bits per heavy atom. The summed E-state index contributed by atoms with van der Waals surface area (Å²) in [5.41, 5.74) is 35.0. The van der Waals surface area contributed by atoms with Gasteiger partial charge in [-0.3, -0.25) is 0 Å². The van der Waals surface area contributed by atoms with Crippen LogP contribution in [-0.4, -0.2) is 0 Å². The Balaban J connectivity index is 0.000000139. The van der Waals surface area contributed by atoms with Crippen LogP contribution >= 0.6 is 0 Å². The SMILES string of the molecule is CC1(C)c2ccccc2-c2cc3c(cc21)C(C)(C)c1cc(-c2ccc4cc(-c5ccc6ccccc6c5)ccc4c2)ccc1-3.CC1(C)c2ccccc2-c2ccc3c(c21)C(C)(C)c1cc(-c2cc(-c4ccc5ccc(-c6ccccc6)cc5c4)cc4ccccc24)ccc1-3. The lowest BCUT2D eigenvalue weighted by molar-refractivity contribution is 0.601. The molecule has 0 aromatic heterocycles. The van der Waals surface area contributed by atoms with Gasteiger partial charge < -0.3 is 0 Å². The van der Waals surface area contributed by atoms with E-state index in [4.69, 9.17) is 0 Å². The molecule has 0 radical (unpaired) electrons. The van der Waals surface area contributed by atoms with E-state index in [1.54, 1.807) is 0 Å². The van der Waals surface area contributed by atoms with Crippen molar-refractivity contribution in [2.75, 3.05) is 0 Å². The van der Waals surface area contributed by atoms with E-state index in [-0.39, 0.29) is 21.7 Å². The molecule has 15 aromatic rings. The smallest absolute Gasteiger partial charge is 0.0162 e. The molecule has 19 rings (SSSR count). The molecule has 0 heteroatoms. The Hall–Kier alpha value is -10.7. The van der Waals surface area contributed by atoms with E-state index in [2.05, 4.69) is 347 Å². The van der Waals surface area contributed by atoms with E-state index < -0.39 is 0 Å². The average molecular weight is 1200 g/mol. The minimum Gasteiger partial charge on any atom is -0.0622 e. The van der Waals surface area contributed by atoms with Crippen LogP contribution in [0.1, 0.15) is 99.9 Å². The third kappa shape index (κ3) is 8.44. The highest BCUT2D eigenvalue weighted by Gasteiger charge is 2.46. The Kier molecular flexibility index (Phi) is 12.2. The van der Waals surface area contributed by atoms with Gasteiger partial charge >= 0.3 is 0 Å². The third-order valence-corrected chi connectivity index (χ3v) is 22.4. The Morgan fingerprint density at radius 2 is 0.511 bits per heavy atom. The van der Waals surface area contributed by atoms with E-state index in [0.29, 0.717) is 0 Å². The highest BCUT2D eigenvalue weighted by molar-refractivity contribution is 6.03. The lowest BCUT2D eigenvalue weighted by Crippen LogP contribution is -2.24. The lowest BCUT2D eigenvalue weighted by atomic mass is 9.72. The zero-order chi connectivity index (χ0) is 63.6. The monoisotopic (exact) mass is 1200 g/mol. The number of hydrogen-bond donors (Lipinski definition) is 0. The van der Waals surface area contributed by atoms with Crippen molar-refractivity contribution in [3.05, 3.63) is 336 Å². The second-order valence-corrected chi connectivity index (χ2v) is 29.2. The van der Waals surface area contributed by atoms with Crippen molar-refractivity contribution < 1.29 is 0 Å². The molecule has 15 aromatic carbocycles. The van der Waals surface area contributed by atoms with E-state index in [0.717, 1.165) is 0 Å². The highest BCUT2D eigenvalue weighted by atomic mass is 14.5. The molecule has 94 heavy (non-hydrogen) atoms. The molecule has 0 unspecified atom stereocenters. The van der Waals surface area contributed by atoms with Crippen molar-refractivity contribution in [1.29, 1.82) is 0 Å². The molecule has 0 atom stereocenters. The lowest BCUT2D eigenvalue weighted by Gasteiger charge is -2.30. The highest BCUT2D eigenvalue weighted by Crippen LogP contribution is 2.60. The summed E-state index contributed by atoms with van der Waals surface area (Å²) in [5, 5.41) is 10.2. The van der Waals surface area contributed by atoms with Crippen LogP contribution in [0.15, 0.2) is 291 Å². The molecule has 0 saturated heterocycles. The topological polar surface area (TPSA) is 0 Å². The fourth-order valence-corrected chi connectivity index (χ4v) is 17.4. The second kappa shape index (κ2) is 20.4. The van der Waals surface area contributed by atoms with E-state index in [1.807, 2.05) is 0 Å². The first-order valence-electron chi connectivity index (χ1n) is 33.6. The third-order valence-electron chi connectivity index (χ3n) is 22.4. The van der Waals surface area contributed by atoms with Crippen LogP contribution in [0.5, 0.6) is 0 Å². The van der Waals surface area contributed by atoms with Gasteiger partial charge in [0.2, 0.25) is 0 Å². The molecular weight excluding hydrogens is 1130 g/mol. The molecule has 0 amide bonds. The summed E-state index contributed by atoms with van der Waals surface area (Å²) in [5.74, 6) is 0. The predicted octanol–water partition coefficient (Wildman–Crippen LogP) is 25.5. The summed E-state index contributed by atoms with van der Waals surface area (Å²) in [7, 11) is 0. The minimum atomic E-state index is -0.131. The van der Waals surface area contributed by atoms with Gasteiger partial charge in [-0.2, -0.15) is 0 Å². The first-order valence-corrected chi connectivity index (χ1v) is 33.6. The van der Waals surface area contributed by atoms with Crippen LogP contribution in [0.25, 0.3) is 143 Å². The Labute approximate surface area is 552 Å². The maximum absolute atomic E-state index is 2.52. The summed E-state index contributed by atoms with van der Waals surface area (Å²) in [4.78, 5) is 0. The molecule has 4 aliphatic carbocycles. The van der Waals surface area contributed by atoms with Gasteiger partial charge in [-0.15, -0.1) is 0 Å². The van der Waals surface area contributed by atoms with Gasteiger partial charge in [0.15, 0.2) is 0 Å². The minimum absolute atomic E-state index is 0.0101. The first-order chi connectivity index (χ1) is 45.6. The molecule has 0 fully saturated rings. The maximum Gasteiger partial charge on any atom is 0.0162 e. The Morgan fingerprint density at radius 3 is 1.14 bits per heavy atom. The number of hydrogen-bond acceptors (Lipinski definition) is 0. The van der Waals surface area contributed by atoms with Gasteiger partial charge in [0.05, 0.1) is 0 Å². The molecule has 4 aliphatic rings. The molecule has 0 saturated carbocycles. The van der Waals surface area contributed by atoms with E-state index in [9.17, 15) is 0 Å². The number of rotatable bonds is 5. The van der Waals surface area contributed by atoms with Crippen LogP contribution < -0.4 is 0 Å². The van der Waals surface area contributed by atoms with Crippen molar-refractivity contribution in [3.8, 4) is 100 Å². The molecule has 0 spiro atoms. The van der Waals surface area contributed by atoms with Gasteiger partial charge in [0.1, 0.15) is 0 Å². The van der Waals surface area contributed by atoms with Crippen molar-refractivity contribution in [2.45, 2.75) is 77.0 Å². The van der Waals surface area contributed by atoms with Gasteiger partial charge in [-0.05, 0) is 248 Å². The summed E-state index contributed by atoms with van der Waals surface area (Å²) >= 11 is 0.